The fourth-order valence-corrected chi connectivity index (χ4v) is 0.853. The Morgan fingerprint density at radius 1 is 1.00 bits per heavy atom. The van der Waals surface area contributed by atoms with Gasteiger partial charge in [0.1, 0.15) is 0 Å². The summed E-state index contributed by atoms with van der Waals surface area (Å²) in [6.45, 7) is 10.1. The third-order valence-corrected chi connectivity index (χ3v) is 1.41. The van der Waals surface area contributed by atoms with Crippen molar-refractivity contribution >= 4 is 5.69 Å². The van der Waals surface area contributed by atoms with Crippen molar-refractivity contribution in [1.82, 2.24) is 0 Å². The predicted molar refractivity (Wildman–Crippen MR) is 65.5 cm³/mol. The molecular weight excluding hydrogens is 158 g/mol. The molecular formula is C12H25N. The van der Waals surface area contributed by atoms with E-state index >= 15 is 0 Å². The Morgan fingerprint density at radius 2 is 1.46 bits per heavy atom. The normalized spacial score (nSPS) is 7.23. The number of hydrogen-bond acceptors (Lipinski definition) is 1. The van der Waals surface area contributed by atoms with Gasteiger partial charge in [0.2, 0.25) is 0 Å². The fourth-order valence-electron chi connectivity index (χ4n) is 0.853. The molecule has 1 aromatic rings. The van der Waals surface area contributed by atoms with Crippen molar-refractivity contribution in [1.29, 1.82) is 0 Å². The second kappa shape index (κ2) is 11.0. The molecule has 0 spiro atoms. The Labute approximate surface area is 84.7 Å². The van der Waals surface area contributed by atoms with Crippen molar-refractivity contribution in [2.45, 2.75) is 34.6 Å². The van der Waals surface area contributed by atoms with Crippen molar-refractivity contribution < 1.29 is 1.43 Å². The largest absolute Gasteiger partial charge is 0.388 e. The van der Waals surface area contributed by atoms with Gasteiger partial charge in [-0.15, -0.1) is 0 Å². The summed E-state index contributed by atoms with van der Waals surface area (Å²) >= 11 is 0. The fraction of sp³-hybridized carbons (Fsp3) is 0.500. The van der Waals surface area contributed by atoms with Crippen LogP contribution in [-0.2, 0) is 0 Å². The first-order valence-corrected chi connectivity index (χ1v) is 5.08. The molecule has 78 valence electrons. The Morgan fingerprint density at radius 3 is 1.77 bits per heavy atom. The minimum Gasteiger partial charge on any atom is -0.388 e. The summed E-state index contributed by atoms with van der Waals surface area (Å²) in [5, 5.41) is 3.10. The van der Waals surface area contributed by atoms with Crippen molar-refractivity contribution in [3.05, 3.63) is 29.8 Å². The first kappa shape index (κ1) is 14.5. The van der Waals surface area contributed by atoms with Gasteiger partial charge in [-0.2, -0.15) is 0 Å². The summed E-state index contributed by atoms with van der Waals surface area (Å²) in [6.07, 6.45) is 0. The molecule has 13 heavy (non-hydrogen) atoms. The van der Waals surface area contributed by atoms with Crippen LogP contribution in [0.5, 0.6) is 0 Å². The lowest BCUT2D eigenvalue weighted by molar-refractivity contribution is 1.41. The van der Waals surface area contributed by atoms with Gasteiger partial charge in [-0.1, -0.05) is 45.9 Å². The Bertz CT molecular complexity index is 199. The zero-order chi connectivity index (χ0) is 10.7. The van der Waals surface area contributed by atoms with E-state index < -0.39 is 0 Å². The first-order valence-electron chi connectivity index (χ1n) is 5.08. The quantitative estimate of drug-likeness (QED) is 0.683. The van der Waals surface area contributed by atoms with E-state index in [1.165, 1.54) is 11.3 Å². The second-order valence-corrected chi connectivity index (χ2v) is 2.06. The van der Waals surface area contributed by atoms with E-state index in [1.54, 1.807) is 0 Å². The summed E-state index contributed by atoms with van der Waals surface area (Å²) in [7, 11) is 1.93. The number of rotatable bonds is 1. The topological polar surface area (TPSA) is 12.0 Å². The van der Waals surface area contributed by atoms with Crippen LogP contribution in [0, 0.1) is 6.92 Å². The highest BCUT2D eigenvalue weighted by atomic mass is 14.8. The van der Waals surface area contributed by atoms with Crippen molar-refractivity contribution in [3.8, 4) is 0 Å². The van der Waals surface area contributed by atoms with E-state index in [1.807, 2.05) is 46.9 Å². The molecule has 0 fully saturated rings. The minimum atomic E-state index is 0. The van der Waals surface area contributed by atoms with Crippen LogP contribution in [0.25, 0.3) is 0 Å². The van der Waals surface area contributed by atoms with Crippen molar-refractivity contribution in [3.63, 3.8) is 0 Å². The summed E-state index contributed by atoms with van der Waals surface area (Å²) in [5.41, 5.74) is 2.50. The van der Waals surface area contributed by atoms with Crippen molar-refractivity contribution in [2.24, 2.45) is 0 Å². The van der Waals surface area contributed by atoms with Gasteiger partial charge in [0.25, 0.3) is 0 Å². The van der Waals surface area contributed by atoms with Crippen LogP contribution in [0.4, 0.5) is 5.69 Å². The van der Waals surface area contributed by atoms with E-state index in [-0.39, 0.29) is 1.43 Å². The van der Waals surface area contributed by atoms with E-state index in [0.29, 0.717) is 0 Å². The average Bonchev–Trinajstić information content (AvgIpc) is 2.24. The number of para-hydroxylation sites is 1. The lowest BCUT2D eigenvalue weighted by atomic mass is 10.2. The molecule has 0 bridgehead atoms. The van der Waals surface area contributed by atoms with Gasteiger partial charge in [-0.3, -0.25) is 0 Å². The van der Waals surface area contributed by atoms with Crippen LogP contribution in [0.1, 0.15) is 34.7 Å². The van der Waals surface area contributed by atoms with Crippen LogP contribution < -0.4 is 5.32 Å². The molecule has 0 saturated heterocycles. The highest BCUT2D eigenvalue weighted by molar-refractivity contribution is 5.49. The zero-order valence-corrected chi connectivity index (χ0v) is 9.81. The Hall–Kier alpha value is -0.980. The zero-order valence-electron chi connectivity index (χ0n) is 9.81. The molecule has 0 atom stereocenters. The molecule has 1 N–H and O–H groups in total. The third-order valence-electron chi connectivity index (χ3n) is 1.41. The highest BCUT2D eigenvalue weighted by Crippen LogP contribution is 2.10. The Balaban J connectivity index is -0.000000216. The highest BCUT2D eigenvalue weighted by Gasteiger charge is 1.88. The van der Waals surface area contributed by atoms with Gasteiger partial charge >= 0.3 is 0 Å². The molecule has 1 aromatic carbocycles. The second-order valence-electron chi connectivity index (χ2n) is 2.06. The van der Waals surface area contributed by atoms with Gasteiger partial charge in [-0.05, 0) is 18.6 Å². The number of aryl methyl sites for hydroxylation is 1. The van der Waals surface area contributed by atoms with Crippen LogP contribution in [0.2, 0.25) is 0 Å². The standard InChI is InChI=1S/C8H11N.2C2H6.H2/c1-7-5-3-4-6-8(7)9-2;2*1-2;/h3-6,9H,1-2H3;2*1-2H3;1H. The van der Waals surface area contributed by atoms with E-state index in [9.17, 15) is 0 Å². The molecule has 0 aromatic heterocycles. The van der Waals surface area contributed by atoms with Crippen LogP contribution in [0.3, 0.4) is 0 Å². The van der Waals surface area contributed by atoms with E-state index in [2.05, 4.69) is 24.4 Å². The number of benzene rings is 1. The summed E-state index contributed by atoms with van der Waals surface area (Å²) in [6, 6.07) is 8.22. The van der Waals surface area contributed by atoms with Gasteiger partial charge in [0, 0.05) is 14.2 Å². The minimum absolute atomic E-state index is 0. The van der Waals surface area contributed by atoms with Crippen LogP contribution in [-0.4, -0.2) is 7.05 Å². The van der Waals surface area contributed by atoms with Gasteiger partial charge < -0.3 is 5.32 Å². The maximum atomic E-state index is 3.10. The molecule has 0 unspecified atom stereocenters. The van der Waals surface area contributed by atoms with Crippen LogP contribution >= 0.6 is 0 Å². The number of hydrogen-bond donors (Lipinski definition) is 1. The lowest BCUT2D eigenvalue weighted by Gasteiger charge is -2.01. The Kier molecular flexibility index (Phi) is 12.3. The molecule has 0 aliphatic carbocycles. The summed E-state index contributed by atoms with van der Waals surface area (Å²) < 4.78 is 0. The molecule has 0 amide bonds. The molecule has 0 aliphatic heterocycles. The smallest absolute Gasteiger partial charge is 0.0367 e. The molecule has 1 rings (SSSR count). The summed E-state index contributed by atoms with van der Waals surface area (Å²) in [4.78, 5) is 0. The molecule has 1 heteroatoms. The molecule has 0 aliphatic rings. The van der Waals surface area contributed by atoms with Gasteiger partial charge in [0.05, 0.1) is 0 Å². The monoisotopic (exact) mass is 183 g/mol. The summed E-state index contributed by atoms with van der Waals surface area (Å²) in [5.74, 6) is 0. The molecule has 1 nitrogen and oxygen atoms in total. The van der Waals surface area contributed by atoms with Crippen LogP contribution in [0.15, 0.2) is 24.3 Å². The van der Waals surface area contributed by atoms with Gasteiger partial charge in [-0.25, -0.2) is 0 Å². The third kappa shape index (κ3) is 6.21. The van der Waals surface area contributed by atoms with E-state index in [0.717, 1.165) is 0 Å². The van der Waals surface area contributed by atoms with Crippen molar-refractivity contribution in [2.75, 3.05) is 12.4 Å². The van der Waals surface area contributed by atoms with Gasteiger partial charge in [0.15, 0.2) is 0 Å². The predicted octanol–water partition coefficient (Wildman–Crippen LogP) is 4.34. The lowest BCUT2D eigenvalue weighted by Crippen LogP contribution is -1.89. The SMILES string of the molecule is CC.CC.CNc1ccccc1C.[HH]. The maximum absolute atomic E-state index is 3.10. The average molecular weight is 183 g/mol. The maximum Gasteiger partial charge on any atom is 0.0367 e. The number of anilines is 1. The first-order chi connectivity index (χ1) is 6.34. The number of nitrogens with one attached hydrogen (secondary N) is 1. The molecule has 0 radical (unpaired) electrons. The molecule has 0 heterocycles. The van der Waals surface area contributed by atoms with E-state index in [4.69, 9.17) is 0 Å². The molecule has 0 saturated carbocycles.